The van der Waals surface area contributed by atoms with Gasteiger partial charge in [0.25, 0.3) is 15.9 Å². The Morgan fingerprint density at radius 3 is 2.44 bits per heavy atom. The van der Waals surface area contributed by atoms with Gasteiger partial charge in [0.2, 0.25) is 0 Å². The van der Waals surface area contributed by atoms with Gasteiger partial charge in [0.05, 0.1) is 11.3 Å². The summed E-state index contributed by atoms with van der Waals surface area (Å²) in [6.45, 7) is 8.81. The summed E-state index contributed by atoms with van der Waals surface area (Å²) in [5.74, 6) is 0.184. The Balaban J connectivity index is 0.00000353. The maximum atomic E-state index is 13.3. The number of nitrogens with one attached hydrogen (secondary N) is 1. The molecule has 1 atom stereocenters. The molecule has 1 aliphatic carbocycles. The van der Waals surface area contributed by atoms with E-state index in [4.69, 9.17) is 16.3 Å². The lowest BCUT2D eigenvalue weighted by molar-refractivity contribution is -0.127. The predicted octanol–water partition coefficient (Wildman–Crippen LogP) is 3.85. The number of nitrogens with zero attached hydrogens (tertiary/aromatic N) is 3. The second kappa shape index (κ2) is 10.6. The molecule has 2 saturated heterocycles. The van der Waals surface area contributed by atoms with Crippen LogP contribution in [0.25, 0.3) is 0 Å². The fraction of sp³-hybridized carbons (Fsp3) is 0.556. The van der Waals surface area contributed by atoms with Gasteiger partial charge in [0, 0.05) is 50.1 Å². The first-order valence-electron chi connectivity index (χ1n) is 13.0. The largest absolute Gasteiger partial charge is 0.475 e. The van der Waals surface area contributed by atoms with E-state index >= 15 is 0 Å². The number of benzene rings is 1. The highest BCUT2D eigenvalue weighted by Crippen LogP contribution is 2.45. The third kappa shape index (κ3) is 6.58. The van der Waals surface area contributed by atoms with Crippen molar-refractivity contribution in [3.63, 3.8) is 0 Å². The number of hydrogen-bond acceptors (Lipinski definition) is 8. The van der Waals surface area contributed by atoms with Crippen LogP contribution in [0, 0.1) is 5.41 Å². The van der Waals surface area contributed by atoms with Crippen LogP contribution in [0.1, 0.15) is 52.9 Å². The van der Waals surface area contributed by atoms with Gasteiger partial charge in [-0.25, -0.2) is 9.71 Å². The maximum absolute atomic E-state index is 13.3. The summed E-state index contributed by atoms with van der Waals surface area (Å²) < 4.78 is 34.8. The zero-order chi connectivity index (χ0) is 27.3. The second-order valence-electron chi connectivity index (χ2n) is 11.8. The lowest BCUT2D eigenvalue weighted by Gasteiger charge is -2.40. The Morgan fingerprint density at radius 2 is 1.79 bits per heavy atom. The van der Waals surface area contributed by atoms with Crippen molar-refractivity contribution in [3.05, 3.63) is 41.4 Å². The van der Waals surface area contributed by atoms with Crippen LogP contribution in [0.5, 0.6) is 5.75 Å². The molecule has 0 bridgehead atoms. The summed E-state index contributed by atoms with van der Waals surface area (Å²) in [5, 5.41) is 10.5. The normalized spacial score (nSPS) is 23.6. The van der Waals surface area contributed by atoms with Crippen molar-refractivity contribution in [3.8, 4) is 5.75 Å². The third-order valence-corrected chi connectivity index (χ3v) is 9.04. The molecule has 1 aromatic carbocycles. The molecule has 5 rings (SSSR count). The minimum Gasteiger partial charge on any atom is -0.475 e. The van der Waals surface area contributed by atoms with Gasteiger partial charge in [-0.15, -0.1) is 0 Å². The van der Waals surface area contributed by atoms with E-state index in [-0.39, 0.29) is 23.9 Å². The van der Waals surface area contributed by atoms with Crippen LogP contribution in [0.4, 0.5) is 11.5 Å². The number of sulfonamides is 1. The summed E-state index contributed by atoms with van der Waals surface area (Å²) in [4.78, 5) is 21.6. The molecule has 9 nitrogen and oxygen atoms in total. The van der Waals surface area contributed by atoms with Crippen molar-refractivity contribution in [1.29, 1.82) is 0 Å². The minimum absolute atomic E-state index is 0. The van der Waals surface area contributed by atoms with E-state index in [9.17, 15) is 18.3 Å². The Labute approximate surface area is 242 Å². The van der Waals surface area contributed by atoms with Gasteiger partial charge in [-0.05, 0) is 55.9 Å². The summed E-state index contributed by atoms with van der Waals surface area (Å²) >= 11 is 6.29. The quantitative estimate of drug-likeness (QED) is 0.496. The fourth-order valence-corrected chi connectivity index (χ4v) is 6.47. The number of ether oxygens (including phenoxy) is 1. The van der Waals surface area contributed by atoms with Crippen LogP contribution < -0.4 is 19.3 Å². The highest BCUT2D eigenvalue weighted by molar-refractivity contribution is 7.90. The first-order chi connectivity index (χ1) is 17.8. The van der Waals surface area contributed by atoms with E-state index in [0.29, 0.717) is 48.9 Å². The van der Waals surface area contributed by atoms with E-state index in [1.165, 1.54) is 6.07 Å². The molecule has 12 heteroatoms. The summed E-state index contributed by atoms with van der Waals surface area (Å²) in [7, 11) is -4.25. The highest BCUT2D eigenvalue weighted by Gasteiger charge is 2.54. The average Bonchev–Trinajstić information content (AvgIpc) is 3.53. The standard InChI is InChI=1S/C27H35ClN4O5S.H2S/c1-25(2)10-5-14-31(17-25)20-9-8-19(28)16-21(20)37-27(11-12-27)24(33)30-38(35,36)23-7-4-6-22(29-23)32-15-13-26(3,34)18-32;/h4,6-9,16,34H,5,10-15,17-18H2,1-3H3,(H,30,33);1H2/t26-;/m0./s1. The molecule has 3 fully saturated rings. The van der Waals surface area contributed by atoms with E-state index in [1.807, 2.05) is 11.0 Å². The Kier molecular flexibility index (Phi) is 8.12. The Morgan fingerprint density at radius 1 is 1.05 bits per heavy atom. The van der Waals surface area contributed by atoms with Crippen molar-refractivity contribution in [2.75, 3.05) is 36.0 Å². The van der Waals surface area contributed by atoms with E-state index < -0.39 is 27.1 Å². The molecule has 1 amide bonds. The summed E-state index contributed by atoms with van der Waals surface area (Å²) in [6.07, 6.45) is 3.51. The molecule has 1 aromatic heterocycles. The first kappa shape index (κ1) is 29.8. The molecule has 0 radical (unpaired) electrons. The average molecular weight is 597 g/mol. The molecule has 214 valence electrons. The van der Waals surface area contributed by atoms with Crippen molar-refractivity contribution < 1.29 is 23.1 Å². The monoisotopic (exact) mass is 596 g/mol. The Bertz CT molecular complexity index is 1350. The van der Waals surface area contributed by atoms with Crippen LogP contribution >= 0.6 is 25.1 Å². The maximum Gasteiger partial charge on any atom is 0.281 e. The van der Waals surface area contributed by atoms with Crippen LogP contribution in [0.15, 0.2) is 41.4 Å². The van der Waals surface area contributed by atoms with Gasteiger partial charge in [0.15, 0.2) is 10.6 Å². The third-order valence-electron chi connectivity index (χ3n) is 7.57. The molecular formula is C27H37ClN4O5S2. The van der Waals surface area contributed by atoms with Gasteiger partial charge in [-0.3, -0.25) is 4.79 Å². The van der Waals surface area contributed by atoms with Gasteiger partial charge >= 0.3 is 0 Å². The number of aliphatic hydroxyl groups is 1. The van der Waals surface area contributed by atoms with Crippen LogP contribution in [-0.4, -0.2) is 61.8 Å². The number of rotatable bonds is 7. The number of carbonyl (C=O) groups is 1. The lowest BCUT2D eigenvalue weighted by atomic mass is 9.84. The first-order valence-corrected chi connectivity index (χ1v) is 14.9. The van der Waals surface area contributed by atoms with E-state index in [1.54, 1.807) is 31.2 Å². The molecule has 2 aromatic rings. The molecule has 0 spiro atoms. The molecule has 2 aliphatic heterocycles. The van der Waals surface area contributed by atoms with Crippen LogP contribution in [-0.2, 0) is 14.8 Å². The van der Waals surface area contributed by atoms with Crippen molar-refractivity contribution in [1.82, 2.24) is 9.71 Å². The Hall–Kier alpha value is -2.21. The van der Waals surface area contributed by atoms with Crippen LogP contribution in [0.2, 0.25) is 5.02 Å². The van der Waals surface area contributed by atoms with Gasteiger partial charge < -0.3 is 19.6 Å². The molecule has 3 aliphatic rings. The summed E-state index contributed by atoms with van der Waals surface area (Å²) in [5.41, 5.74) is -1.16. The molecule has 3 heterocycles. The van der Waals surface area contributed by atoms with Crippen LogP contribution in [0.3, 0.4) is 0 Å². The number of β-amino-alcohol motifs (C(OH)–C–C–N with tert-alkyl or cyclic N) is 1. The number of amides is 1. The highest BCUT2D eigenvalue weighted by atomic mass is 35.5. The molecule has 39 heavy (non-hydrogen) atoms. The molecule has 1 saturated carbocycles. The number of hydrogen-bond donors (Lipinski definition) is 2. The topological polar surface area (TPSA) is 112 Å². The second-order valence-corrected chi connectivity index (χ2v) is 13.9. The smallest absolute Gasteiger partial charge is 0.281 e. The minimum atomic E-state index is -4.25. The number of halogens is 1. The van der Waals surface area contributed by atoms with Gasteiger partial charge in [0.1, 0.15) is 11.6 Å². The van der Waals surface area contributed by atoms with Gasteiger partial charge in [-0.1, -0.05) is 31.5 Å². The number of carbonyl (C=O) groups excluding carboxylic acids is 1. The number of pyridine rings is 1. The number of aromatic nitrogens is 1. The lowest BCUT2D eigenvalue weighted by Crippen LogP contribution is -2.44. The van der Waals surface area contributed by atoms with E-state index in [0.717, 1.165) is 31.6 Å². The summed E-state index contributed by atoms with van der Waals surface area (Å²) in [6, 6.07) is 10.0. The molecule has 2 N–H and O–H groups in total. The van der Waals surface area contributed by atoms with Crippen molar-refractivity contribution in [2.45, 2.75) is 69.1 Å². The number of anilines is 2. The molecule has 0 unspecified atom stereocenters. The SMILES string of the molecule is CC1(C)CCCN(c2ccc(Cl)cc2OC2(C(=O)NS(=O)(=O)c3cccc(N4CC[C@](C)(O)C4)n3)CC2)C1.S. The number of piperidine rings is 1. The van der Waals surface area contributed by atoms with Crippen molar-refractivity contribution >= 4 is 52.5 Å². The van der Waals surface area contributed by atoms with Crippen molar-refractivity contribution in [2.24, 2.45) is 5.41 Å². The van der Waals surface area contributed by atoms with Gasteiger partial charge in [-0.2, -0.15) is 21.9 Å². The zero-order valence-electron chi connectivity index (χ0n) is 22.5. The zero-order valence-corrected chi connectivity index (χ0v) is 25.1. The predicted molar refractivity (Wildman–Crippen MR) is 157 cm³/mol. The molecular weight excluding hydrogens is 560 g/mol. The van der Waals surface area contributed by atoms with E-state index in [2.05, 4.69) is 28.5 Å². The fourth-order valence-electron chi connectivity index (χ4n) is 5.30.